The molecule has 1 aliphatic carbocycles. The van der Waals surface area contributed by atoms with Crippen molar-refractivity contribution in [1.29, 1.82) is 0 Å². The lowest BCUT2D eigenvalue weighted by atomic mass is 10.4. The fraction of sp³-hybridized carbons (Fsp3) is 1.00. The second-order valence-corrected chi connectivity index (χ2v) is 1.85. The molecule has 0 aromatic carbocycles. The van der Waals surface area contributed by atoms with E-state index in [0.29, 0.717) is 0 Å². The van der Waals surface area contributed by atoms with Crippen molar-refractivity contribution in [2.24, 2.45) is 5.92 Å². The molecule has 0 saturated heterocycles. The van der Waals surface area contributed by atoms with Gasteiger partial charge < -0.3 is 0 Å². The third-order valence-electron chi connectivity index (χ3n) is 1.27. The lowest BCUT2D eigenvalue weighted by Crippen LogP contribution is -1.59. The minimum Gasteiger partial charge on any atom is -0.0651 e. The maximum atomic E-state index is 2.26. The van der Waals surface area contributed by atoms with E-state index in [1.807, 2.05) is 0 Å². The summed E-state index contributed by atoms with van der Waals surface area (Å²) in [6, 6.07) is 0. The zero-order valence-electron chi connectivity index (χ0n) is 3.70. The Hall–Kier alpha value is 0. The Kier molecular flexibility index (Phi) is 0.640. The average Bonchev–Trinajstić information content (AvgIpc) is 2.12. The Labute approximate surface area is 33.2 Å². The molecule has 0 radical (unpaired) electrons. The highest BCUT2D eigenvalue weighted by molar-refractivity contribution is 4.69. The zero-order chi connectivity index (χ0) is 3.70. The highest BCUT2D eigenvalue weighted by Gasteiger charge is 2.17. The predicted molar refractivity (Wildman–Crippen MR) is 23.0 cm³/mol. The number of hydrogen-bond donors (Lipinski definition) is 0. The van der Waals surface area contributed by atoms with Gasteiger partial charge in [-0.05, 0) is 5.92 Å². The van der Waals surface area contributed by atoms with Gasteiger partial charge in [0.25, 0.3) is 0 Å². The summed E-state index contributed by atoms with van der Waals surface area (Å²) >= 11 is 0. The van der Waals surface area contributed by atoms with Gasteiger partial charge in [-0.2, -0.15) is 0 Å². The van der Waals surface area contributed by atoms with Crippen molar-refractivity contribution < 1.29 is 0 Å². The molecule has 0 heterocycles. The van der Waals surface area contributed by atoms with E-state index in [0.717, 1.165) is 5.92 Å². The van der Waals surface area contributed by atoms with Gasteiger partial charge in [0.2, 0.25) is 0 Å². The van der Waals surface area contributed by atoms with E-state index in [4.69, 9.17) is 0 Å². The fourth-order valence-corrected chi connectivity index (χ4v) is 0.526. The third-order valence-corrected chi connectivity index (χ3v) is 1.27. The summed E-state index contributed by atoms with van der Waals surface area (Å²) < 4.78 is 0. The topological polar surface area (TPSA) is 0 Å². The van der Waals surface area contributed by atoms with Gasteiger partial charge in [-0.25, -0.2) is 0 Å². The van der Waals surface area contributed by atoms with Gasteiger partial charge in [-0.1, -0.05) is 26.2 Å². The van der Waals surface area contributed by atoms with Crippen LogP contribution in [0.4, 0.5) is 0 Å². The molecule has 0 aromatic heterocycles. The first-order chi connectivity index (χ1) is 2.43. The van der Waals surface area contributed by atoms with Crippen LogP contribution in [0.3, 0.4) is 0 Å². The molecule has 0 aliphatic heterocycles. The largest absolute Gasteiger partial charge is 0.0651 e. The van der Waals surface area contributed by atoms with Crippen molar-refractivity contribution in [2.45, 2.75) is 26.2 Å². The molecule has 0 heteroatoms. The van der Waals surface area contributed by atoms with Crippen LogP contribution in [0.1, 0.15) is 26.2 Å². The van der Waals surface area contributed by atoms with E-state index in [9.17, 15) is 0 Å². The molecule has 0 aromatic rings. The predicted octanol–water partition coefficient (Wildman–Crippen LogP) is 1.81. The number of rotatable bonds is 1. The summed E-state index contributed by atoms with van der Waals surface area (Å²) in [5.74, 6) is 1.13. The molecule has 1 rings (SSSR count). The van der Waals surface area contributed by atoms with Crippen molar-refractivity contribution in [1.82, 2.24) is 0 Å². The average molecular weight is 71.1 g/mol. The highest BCUT2D eigenvalue weighted by atomic mass is 14.3. The van der Waals surface area contributed by atoms with Gasteiger partial charge in [0, 0.05) is 0 Å². The molecule has 0 N–H and O–H groups in total. The van der Waals surface area contributed by atoms with Crippen LogP contribution in [0.25, 0.3) is 0 Å². The molecule has 0 amide bonds. The molecule has 30 valence electrons. The lowest BCUT2D eigenvalue weighted by molar-refractivity contribution is 0.799. The molecule has 1 fully saturated rings. The fourth-order valence-electron chi connectivity index (χ4n) is 0.526. The minimum atomic E-state index is 1.13. The Morgan fingerprint density at radius 2 is 2.20 bits per heavy atom. The van der Waals surface area contributed by atoms with Gasteiger partial charge in [0.15, 0.2) is 0 Å². The van der Waals surface area contributed by atoms with Gasteiger partial charge in [-0.15, -0.1) is 0 Å². The van der Waals surface area contributed by atoms with Crippen LogP contribution in [0.15, 0.2) is 0 Å². The van der Waals surface area contributed by atoms with Crippen molar-refractivity contribution >= 4 is 0 Å². The highest BCUT2D eigenvalue weighted by Crippen LogP contribution is 2.31. The van der Waals surface area contributed by atoms with Crippen LogP contribution >= 0.6 is 0 Å². The first kappa shape index (κ1) is 3.20. The summed E-state index contributed by atoms with van der Waals surface area (Å²) in [6.07, 6.45) is 4.44. The maximum Gasteiger partial charge on any atom is -0.0417 e. The molecule has 0 nitrogen and oxygen atoms in total. The van der Waals surface area contributed by atoms with E-state index in [2.05, 4.69) is 6.92 Å². The van der Waals surface area contributed by atoms with Crippen molar-refractivity contribution in [2.75, 3.05) is 0 Å². The Bertz CT molecular complexity index is 27.0. The standard InChI is InChI=1S/C5H10/c1-2-5-3-4-5/h5H,2-4H2,1H3/i1+1. The first-order valence-electron chi connectivity index (χ1n) is 2.43. The third kappa shape index (κ3) is 0.640. The first-order valence-corrected chi connectivity index (χ1v) is 2.43. The number of hydrogen-bond acceptors (Lipinski definition) is 0. The molecule has 0 atom stereocenters. The molecule has 5 heavy (non-hydrogen) atoms. The summed E-state index contributed by atoms with van der Waals surface area (Å²) in [5.41, 5.74) is 0. The van der Waals surface area contributed by atoms with Gasteiger partial charge in [0.1, 0.15) is 0 Å². The van der Waals surface area contributed by atoms with Crippen LogP contribution in [0, 0.1) is 5.92 Å². The zero-order valence-corrected chi connectivity index (χ0v) is 3.70. The summed E-state index contributed by atoms with van der Waals surface area (Å²) in [6.45, 7) is 2.26. The van der Waals surface area contributed by atoms with E-state index in [-0.39, 0.29) is 0 Å². The molecule has 0 bridgehead atoms. The molecular formula is C5H10. The van der Waals surface area contributed by atoms with Crippen LogP contribution in [0.5, 0.6) is 0 Å². The van der Waals surface area contributed by atoms with Crippen LogP contribution in [-0.2, 0) is 0 Å². The Balaban J connectivity index is 2.00. The summed E-state index contributed by atoms with van der Waals surface area (Å²) in [4.78, 5) is 0. The summed E-state index contributed by atoms with van der Waals surface area (Å²) in [7, 11) is 0. The second-order valence-electron chi connectivity index (χ2n) is 1.85. The molecule has 1 saturated carbocycles. The van der Waals surface area contributed by atoms with E-state index in [1.165, 1.54) is 19.3 Å². The monoisotopic (exact) mass is 71.1 g/mol. The van der Waals surface area contributed by atoms with Crippen LogP contribution in [0.2, 0.25) is 0 Å². The Morgan fingerprint density at radius 1 is 1.60 bits per heavy atom. The normalized spacial score (nSPS) is 23.4. The quantitative estimate of drug-likeness (QED) is 0.413. The van der Waals surface area contributed by atoms with Crippen molar-refractivity contribution in [3.63, 3.8) is 0 Å². The van der Waals surface area contributed by atoms with Gasteiger partial charge >= 0.3 is 0 Å². The maximum absolute atomic E-state index is 2.26. The molecule has 0 spiro atoms. The van der Waals surface area contributed by atoms with Gasteiger partial charge in [-0.3, -0.25) is 0 Å². The smallest absolute Gasteiger partial charge is 0.0417 e. The van der Waals surface area contributed by atoms with Crippen LogP contribution < -0.4 is 0 Å². The second kappa shape index (κ2) is 1.00. The van der Waals surface area contributed by atoms with E-state index >= 15 is 0 Å². The molecule has 0 unspecified atom stereocenters. The van der Waals surface area contributed by atoms with E-state index < -0.39 is 0 Å². The summed E-state index contributed by atoms with van der Waals surface area (Å²) in [5, 5.41) is 0. The molecular weight excluding hydrogens is 61.0 g/mol. The SMILES string of the molecule is [13CH3]CC1CC1. The Morgan fingerprint density at radius 3 is 2.20 bits per heavy atom. The minimum absolute atomic E-state index is 1.13. The van der Waals surface area contributed by atoms with Crippen molar-refractivity contribution in [3.8, 4) is 0 Å². The van der Waals surface area contributed by atoms with Crippen LogP contribution in [-0.4, -0.2) is 0 Å². The van der Waals surface area contributed by atoms with Crippen molar-refractivity contribution in [3.05, 3.63) is 0 Å². The van der Waals surface area contributed by atoms with Gasteiger partial charge in [0.05, 0.1) is 0 Å². The van der Waals surface area contributed by atoms with E-state index in [1.54, 1.807) is 0 Å². The lowest BCUT2D eigenvalue weighted by Gasteiger charge is -1.72. The molecule has 1 aliphatic rings.